The Morgan fingerprint density at radius 1 is 0.796 bits per heavy atom. The topological polar surface area (TPSA) is 122 Å². The number of aryl methyl sites for hydroxylation is 1. The number of carbonyl (C=O) groups excluding carboxylic acids is 1. The lowest BCUT2D eigenvalue weighted by atomic mass is 9.85. The molecule has 0 spiro atoms. The number of aliphatic carboxylic acids is 1. The van der Waals surface area contributed by atoms with Gasteiger partial charge in [0.05, 0.1) is 29.2 Å². The molecule has 256 valence electrons. The summed E-state index contributed by atoms with van der Waals surface area (Å²) in [6.45, 7) is 0.593. The van der Waals surface area contributed by atoms with Crippen molar-refractivity contribution >= 4 is 17.8 Å². The minimum absolute atomic E-state index is 0.0537. The van der Waals surface area contributed by atoms with Crippen LogP contribution in [0, 0.1) is 5.92 Å². The number of rotatable bonds is 13. The van der Waals surface area contributed by atoms with Gasteiger partial charge >= 0.3 is 18.1 Å². The van der Waals surface area contributed by atoms with E-state index in [1.807, 2.05) is 48.5 Å². The van der Waals surface area contributed by atoms with Crippen molar-refractivity contribution in [2.24, 2.45) is 5.92 Å². The molecule has 0 heterocycles. The van der Waals surface area contributed by atoms with Crippen molar-refractivity contribution in [1.82, 2.24) is 5.32 Å². The third-order valence-corrected chi connectivity index (χ3v) is 8.53. The van der Waals surface area contributed by atoms with Crippen molar-refractivity contribution in [1.29, 1.82) is 0 Å². The molecule has 49 heavy (non-hydrogen) atoms. The molecule has 2 unspecified atom stereocenters. The summed E-state index contributed by atoms with van der Waals surface area (Å²) >= 11 is 0. The predicted octanol–water partition coefficient (Wildman–Crippen LogP) is 8.03. The summed E-state index contributed by atoms with van der Waals surface area (Å²) in [6.07, 6.45) is -0.858. The van der Waals surface area contributed by atoms with Gasteiger partial charge < -0.3 is 25.0 Å². The fraction of sp³-hybridized carbons (Fsp3) is 0.289. The zero-order valence-corrected chi connectivity index (χ0v) is 26.5. The molecule has 0 aromatic heterocycles. The molecule has 0 radical (unpaired) electrons. The van der Waals surface area contributed by atoms with Gasteiger partial charge in [0, 0.05) is 6.04 Å². The standard InChI is InChI=1S/C38H36F3NO7/c39-38(40,41)30-15-12-27(13-16-30)26-10-6-25(7-11-26)23-49-32-17-8-24(9-18-32)3-2-20-48-34-19-14-29(37(46)47)22-33(34)35(43)42-31-5-1-4-28(21-31)36(44)45/h6-19,22,28,31H,1-5,20-21,23H2,(H,42,43)(H,44,45)(H,46,47). The number of carboxylic acids is 2. The molecular weight excluding hydrogens is 639 g/mol. The van der Waals surface area contributed by atoms with Crippen molar-refractivity contribution < 1.29 is 47.2 Å². The first-order valence-corrected chi connectivity index (χ1v) is 16.0. The van der Waals surface area contributed by atoms with Crippen molar-refractivity contribution in [3.05, 3.63) is 119 Å². The fourth-order valence-corrected chi connectivity index (χ4v) is 5.80. The van der Waals surface area contributed by atoms with Crippen LogP contribution < -0.4 is 14.8 Å². The number of amides is 1. The van der Waals surface area contributed by atoms with E-state index in [-0.39, 0.29) is 29.5 Å². The molecule has 4 aromatic carbocycles. The van der Waals surface area contributed by atoms with Gasteiger partial charge in [0.25, 0.3) is 5.91 Å². The molecule has 8 nitrogen and oxygen atoms in total. The summed E-state index contributed by atoms with van der Waals surface area (Å²) in [7, 11) is 0. The van der Waals surface area contributed by atoms with E-state index in [2.05, 4.69) is 5.32 Å². The van der Waals surface area contributed by atoms with Gasteiger partial charge in [-0.05, 0) is 96.8 Å². The van der Waals surface area contributed by atoms with Gasteiger partial charge in [0.15, 0.2) is 0 Å². The average molecular weight is 676 g/mol. The van der Waals surface area contributed by atoms with Crippen LogP contribution in [-0.2, 0) is 24.0 Å². The Kier molecular flexibility index (Phi) is 11.2. The summed E-state index contributed by atoms with van der Waals surface area (Å²) < 4.78 is 50.3. The highest BCUT2D eigenvalue weighted by molar-refractivity contribution is 6.00. The third kappa shape index (κ3) is 9.62. The van der Waals surface area contributed by atoms with Crippen LogP contribution in [0.1, 0.15) is 69.5 Å². The van der Waals surface area contributed by atoms with Gasteiger partial charge in [-0.1, -0.05) is 55.0 Å². The molecule has 1 aliphatic carbocycles. The van der Waals surface area contributed by atoms with E-state index in [0.29, 0.717) is 56.4 Å². The molecule has 5 rings (SSSR count). The van der Waals surface area contributed by atoms with E-state index in [1.54, 1.807) is 0 Å². The molecule has 0 bridgehead atoms. The highest BCUT2D eigenvalue weighted by atomic mass is 19.4. The Morgan fingerprint density at radius 2 is 1.45 bits per heavy atom. The van der Waals surface area contributed by atoms with Crippen molar-refractivity contribution in [2.45, 2.75) is 57.3 Å². The lowest BCUT2D eigenvalue weighted by Crippen LogP contribution is -2.40. The average Bonchev–Trinajstić information content (AvgIpc) is 3.09. The molecule has 0 aliphatic heterocycles. The first kappa shape index (κ1) is 35.0. The maximum absolute atomic E-state index is 13.2. The minimum atomic E-state index is -4.37. The van der Waals surface area contributed by atoms with E-state index < -0.39 is 35.5 Å². The normalized spacial score (nSPS) is 16.1. The number of halogens is 3. The van der Waals surface area contributed by atoms with Crippen LogP contribution in [0.5, 0.6) is 11.5 Å². The number of aromatic carboxylic acids is 1. The minimum Gasteiger partial charge on any atom is -0.493 e. The Balaban J connectivity index is 1.09. The smallest absolute Gasteiger partial charge is 0.416 e. The molecular formula is C38H36F3NO7. The van der Waals surface area contributed by atoms with Crippen molar-refractivity contribution in [2.75, 3.05) is 6.61 Å². The van der Waals surface area contributed by atoms with E-state index in [4.69, 9.17) is 9.47 Å². The molecule has 0 saturated heterocycles. The fourth-order valence-electron chi connectivity index (χ4n) is 5.80. The second-order valence-electron chi connectivity index (χ2n) is 12.0. The predicted molar refractivity (Wildman–Crippen MR) is 176 cm³/mol. The second-order valence-corrected chi connectivity index (χ2v) is 12.0. The summed E-state index contributed by atoms with van der Waals surface area (Å²) in [5.41, 5.74) is 2.80. The number of carbonyl (C=O) groups is 3. The number of benzene rings is 4. The van der Waals surface area contributed by atoms with Gasteiger partial charge in [0.2, 0.25) is 0 Å². The van der Waals surface area contributed by atoms with Crippen LogP contribution in [0.4, 0.5) is 13.2 Å². The van der Waals surface area contributed by atoms with E-state index in [0.717, 1.165) is 28.8 Å². The quantitative estimate of drug-likeness (QED) is 0.123. The summed E-state index contributed by atoms with van der Waals surface area (Å²) in [4.78, 5) is 36.1. The van der Waals surface area contributed by atoms with E-state index >= 15 is 0 Å². The van der Waals surface area contributed by atoms with Gasteiger partial charge in [-0.15, -0.1) is 0 Å². The highest BCUT2D eigenvalue weighted by Gasteiger charge is 2.30. The zero-order chi connectivity index (χ0) is 35.0. The Bertz CT molecular complexity index is 1750. The Labute approximate surface area is 281 Å². The van der Waals surface area contributed by atoms with E-state index in [1.165, 1.54) is 30.3 Å². The molecule has 4 aromatic rings. The number of nitrogens with one attached hydrogen (secondary N) is 1. The molecule has 2 atom stereocenters. The molecule has 1 amide bonds. The maximum atomic E-state index is 13.2. The maximum Gasteiger partial charge on any atom is 0.416 e. The van der Waals surface area contributed by atoms with Gasteiger partial charge in [0.1, 0.15) is 18.1 Å². The monoisotopic (exact) mass is 675 g/mol. The first-order chi connectivity index (χ1) is 23.5. The largest absolute Gasteiger partial charge is 0.493 e. The van der Waals surface area contributed by atoms with Gasteiger partial charge in [-0.25, -0.2) is 4.79 Å². The first-order valence-electron chi connectivity index (χ1n) is 16.0. The summed E-state index contributed by atoms with van der Waals surface area (Å²) in [5, 5.41) is 21.7. The van der Waals surface area contributed by atoms with E-state index in [9.17, 15) is 37.8 Å². The van der Waals surface area contributed by atoms with Crippen LogP contribution in [0.2, 0.25) is 0 Å². The SMILES string of the molecule is O=C(O)c1ccc(OCCCc2ccc(OCc3ccc(-c4ccc(C(F)(F)F)cc4)cc3)cc2)c(C(=O)NC2CCCC(C(=O)O)C2)c1. The Morgan fingerprint density at radius 3 is 2.08 bits per heavy atom. The lowest BCUT2D eigenvalue weighted by Gasteiger charge is -2.27. The van der Waals surface area contributed by atoms with Crippen LogP contribution in [0.15, 0.2) is 91.0 Å². The molecule has 1 aliphatic rings. The third-order valence-electron chi connectivity index (χ3n) is 8.53. The zero-order valence-electron chi connectivity index (χ0n) is 26.5. The Hall–Kier alpha value is -5.32. The highest BCUT2D eigenvalue weighted by Crippen LogP contribution is 2.31. The number of hydrogen-bond acceptors (Lipinski definition) is 5. The number of alkyl halides is 3. The van der Waals surface area contributed by atoms with Crippen LogP contribution in [0.3, 0.4) is 0 Å². The molecule has 11 heteroatoms. The van der Waals surface area contributed by atoms with Gasteiger partial charge in [-0.3, -0.25) is 9.59 Å². The summed E-state index contributed by atoms with van der Waals surface area (Å²) in [6, 6.07) is 23.9. The summed E-state index contributed by atoms with van der Waals surface area (Å²) in [5.74, 6) is -2.16. The number of hydrogen-bond donors (Lipinski definition) is 3. The number of ether oxygens (including phenoxy) is 2. The van der Waals surface area contributed by atoms with Crippen LogP contribution in [0.25, 0.3) is 11.1 Å². The molecule has 1 saturated carbocycles. The van der Waals surface area contributed by atoms with Crippen LogP contribution >= 0.6 is 0 Å². The van der Waals surface area contributed by atoms with Crippen molar-refractivity contribution in [3.8, 4) is 22.6 Å². The number of carboxylic acid groups (broad SMARTS) is 2. The second kappa shape index (κ2) is 15.7. The molecule has 1 fully saturated rings. The lowest BCUT2D eigenvalue weighted by molar-refractivity contribution is -0.143. The molecule has 3 N–H and O–H groups in total. The van der Waals surface area contributed by atoms with Crippen LogP contribution in [-0.4, -0.2) is 40.7 Å². The van der Waals surface area contributed by atoms with Gasteiger partial charge in [-0.2, -0.15) is 13.2 Å². The van der Waals surface area contributed by atoms with Crippen molar-refractivity contribution in [3.63, 3.8) is 0 Å².